The Balaban J connectivity index is 1.60. The summed E-state index contributed by atoms with van der Waals surface area (Å²) in [6, 6.07) is 6.64. The van der Waals surface area contributed by atoms with E-state index in [1.54, 1.807) is 7.05 Å². The lowest BCUT2D eigenvalue weighted by Gasteiger charge is -2.25. The van der Waals surface area contributed by atoms with E-state index in [9.17, 15) is 0 Å². The van der Waals surface area contributed by atoms with Gasteiger partial charge in [0.05, 0.1) is 18.3 Å². The topological polar surface area (TPSA) is 66.7 Å². The van der Waals surface area contributed by atoms with Gasteiger partial charge in [0.25, 0.3) is 0 Å². The molecule has 7 heteroatoms. The predicted octanol–water partition coefficient (Wildman–Crippen LogP) is 3.02. The largest absolute Gasteiger partial charge is 0.490 e. The maximum atomic E-state index is 6.33. The molecule has 0 amide bonds. The van der Waals surface area contributed by atoms with Crippen LogP contribution in [-0.4, -0.2) is 54.4 Å². The first-order valence-electron chi connectivity index (χ1n) is 10.8. The van der Waals surface area contributed by atoms with Crippen molar-refractivity contribution in [3.8, 4) is 5.75 Å². The number of hydrogen-bond acceptors (Lipinski definition) is 4. The molecule has 0 bridgehead atoms. The number of rotatable bonds is 8. The maximum Gasteiger partial charge on any atom is 0.191 e. The van der Waals surface area contributed by atoms with Crippen molar-refractivity contribution in [3.05, 3.63) is 47.3 Å². The normalized spacial score (nSPS) is 16.1. The first-order chi connectivity index (χ1) is 14.5. The van der Waals surface area contributed by atoms with Gasteiger partial charge >= 0.3 is 0 Å². The van der Waals surface area contributed by atoms with Crippen LogP contribution in [0.15, 0.2) is 35.6 Å². The molecule has 3 rings (SSSR count). The number of aliphatic imine (C=N–C) groups is 1. The van der Waals surface area contributed by atoms with E-state index in [0.29, 0.717) is 12.6 Å². The van der Waals surface area contributed by atoms with Crippen molar-refractivity contribution in [2.75, 3.05) is 27.7 Å². The lowest BCUT2D eigenvalue weighted by atomic mass is 10.1. The van der Waals surface area contributed by atoms with Gasteiger partial charge in [-0.25, -0.2) is 0 Å². The van der Waals surface area contributed by atoms with E-state index in [1.807, 2.05) is 17.9 Å². The van der Waals surface area contributed by atoms with Crippen molar-refractivity contribution >= 4 is 5.96 Å². The number of likely N-dealkylation sites (N-methyl/N-ethyl adjacent to an activating group) is 1. The highest BCUT2D eigenvalue weighted by Gasteiger charge is 2.19. The number of aryl methyl sites for hydroxylation is 2. The first kappa shape index (κ1) is 22.2. The first-order valence-corrected chi connectivity index (χ1v) is 10.8. The van der Waals surface area contributed by atoms with Crippen molar-refractivity contribution in [2.45, 2.75) is 51.3 Å². The quantitative estimate of drug-likeness (QED) is 0.515. The summed E-state index contributed by atoms with van der Waals surface area (Å²) in [5, 5.41) is 11.2. The maximum absolute atomic E-state index is 6.33. The summed E-state index contributed by atoms with van der Waals surface area (Å²) in [5.41, 5.74) is 3.56. The zero-order chi connectivity index (χ0) is 21.5. The fourth-order valence-electron chi connectivity index (χ4n) is 3.91. The Morgan fingerprint density at radius 1 is 1.30 bits per heavy atom. The van der Waals surface area contributed by atoms with E-state index in [2.05, 4.69) is 71.0 Å². The molecule has 1 fully saturated rings. The van der Waals surface area contributed by atoms with Gasteiger partial charge in [0.1, 0.15) is 5.75 Å². The molecule has 1 aliphatic rings. The molecule has 1 heterocycles. The monoisotopic (exact) mass is 412 g/mol. The second-order valence-corrected chi connectivity index (χ2v) is 8.37. The Morgan fingerprint density at radius 3 is 2.70 bits per heavy atom. The summed E-state index contributed by atoms with van der Waals surface area (Å²) in [5.74, 6) is 1.77. The third kappa shape index (κ3) is 5.98. The van der Waals surface area contributed by atoms with Crippen LogP contribution in [0.3, 0.4) is 0 Å². The van der Waals surface area contributed by atoms with Crippen LogP contribution in [0.4, 0.5) is 0 Å². The molecule has 0 aliphatic heterocycles. The molecule has 1 aromatic carbocycles. The number of benzene rings is 1. The third-order valence-corrected chi connectivity index (χ3v) is 5.68. The van der Waals surface area contributed by atoms with Gasteiger partial charge in [0, 0.05) is 44.5 Å². The van der Waals surface area contributed by atoms with Crippen molar-refractivity contribution in [1.29, 1.82) is 0 Å². The SMILES string of the molecule is CN=C(NCc1ccc(C)cc1OC1CCCC1)NCC(c1cnn(C)c1)N(C)C. The molecule has 30 heavy (non-hydrogen) atoms. The minimum atomic E-state index is 0.206. The molecule has 1 saturated carbocycles. The standard InChI is InChI=1S/C23H36N6O/c1-17-10-11-18(22(12-17)30-20-8-6-7-9-20)13-25-23(24-2)26-15-21(28(3)4)19-14-27-29(5)16-19/h10-12,14,16,20-21H,6-9,13,15H2,1-5H3,(H2,24,25,26). The molecule has 1 aliphatic carbocycles. The van der Waals surface area contributed by atoms with Gasteiger partial charge in [-0.05, 0) is 58.3 Å². The van der Waals surface area contributed by atoms with Crippen molar-refractivity contribution in [3.63, 3.8) is 0 Å². The average molecular weight is 413 g/mol. The Hall–Kier alpha value is -2.54. The van der Waals surface area contributed by atoms with Gasteiger partial charge in [-0.2, -0.15) is 5.10 Å². The summed E-state index contributed by atoms with van der Waals surface area (Å²) in [7, 11) is 7.90. The molecule has 2 aromatic rings. The number of ether oxygens (including phenoxy) is 1. The minimum Gasteiger partial charge on any atom is -0.490 e. The lowest BCUT2D eigenvalue weighted by molar-refractivity contribution is 0.207. The lowest BCUT2D eigenvalue weighted by Crippen LogP contribution is -2.41. The molecule has 2 N–H and O–H groups in total. The number of nitrogens with one attached hydrogen (secondary N) is 2. The molecular weight excluding hydrogens is 376 g/mol. The Labute approximate surface area is 180 Å². The summed E-state index contributed by atoms with van der Waals surface area (Å²) < 4.78 is 8.16. The van der Waals surface area contributed by atoms with E-state index in [-0.39, 0.29) is 6.04 Å². The Kier molecular flexibility index (Phi) is 7.74. The molecule has 164 valence electrons. The second-order valence-electron chi connectivity index (χ2n) is 8.37. The Bertz CT molecular complexity index is 838. The van der Waals surface area contributed by atoms with Gasteiger partial charge < -0.3 is 20.3 Å². The van der Waals surface area contributed by atoms with Crippen LogP contribution in [0.2, 0.25) is 0 Å². The zero-order valence-electron chi connectivity index (χ0n) is 19.0. The van der Waals surface area contributed by atoms with Gasteiger partial charge in [0.2, 0.25) is 0 Å². The van der Waals surface area contributed by atoms with E-state index in [1.165, 1.54) is 24.0 Å². The zero-order valence-corrected chi connectivity index (χ0v) is 19.0. The molecule has 1 aromatic heterocycles. The van der Waals surface area contributed by atoms with Crippen LogP contribution < -0.4 is 15.4 Å². The van der Waals surface area contributed by atoms with Crippen LogP contribution in [0.25, 0.3) is 0 Å². The van der Waals surface area contributed by atoms with E-state index in [0.717, 1.165) is 36.7 Å². The number of hydrogen-bond donors (Lipinski definition) is 2. The van der Waals surface area contributed by atoms with E-state index in [4.69, 9.17) is 4.74 Å². The number of nitrogens with zero attached hydrogens (tertiary/aromatic N) is 4. The third-order valence-electron chi connectivity index (χ3n) is 5.68. The highest BCUT2D eigenvalue weighted by Crippen LogP contribution is 2.27. The van der Waals surface area contributed by atoms with Crippen LogP contribution in [0.5, 0.6) is 5.75 Å². The van der Waals surface area contributed by atoms with Crippen LogP contribution in [-0.2, 0) is 13.6 Å². The van der Waals surface area contributed by atoms with Crippen LogP contribution >= 0.6 is 0 Å². The summed E-state index contributed by atoms with van der Waals surface area (Å²) in [6.07, 6.45) is 9.18. The molecular formula is C23H36N6O. The van der Waals surface area contributed by atoms with Gasteiger partial charge in [-0.1, -0.05) is 12.1 Å². The van der Waals surface area contributed by atoms with Gasteiger partial charge in [-0.15, -0.1) is 0 Å². The molecule has 1 atom stereocenters. The predicted molar refractivity (Wildman–Crippen MR) is 122 cm³/mol. The molecule has 0 radical (unpaired) electrons. The molecule has 1 unspecified atom stereocenters. The van der Waals surface area contributed by atoms with Crippen LogP contribution in [0.1, 0.15) is 48.4 Å². The smallest absolute Gasteiger partial charge is 0.191 e. The Morgan fingerprint density at radius 2 is 2.07 bits per heavy atom. The fraction of sp³-hybridized carbons (Fsp3) is 0.565. The van der Waals surface area contributed by atoms with Crippen molar-refractivity contribution in [2.24, 2.45) is 12.0 Å². The summed E-state index contributed by atoms with van der Waals surface area (Å²) in [6.45, 7) is 3.51. The number of guanidine groups is 1. The summed E-state index contributed by atoms with van der Waals surface area (Å²) >= 11 is 0. The van der Waals surface area contributed by atoms with Crippen molar-refractivity contribution in [1.82, 2.24) is 25.3 Å². The fourth-order valence-corrected chi connectivity index (χ4v) is 3.91. The molecule has 0 spiro atoms. The summed E-state index contributed by atoms with van der Waals surface area (Å²) in [4.78, 5) is 6.58. The van der Waals surface area contributed by atoms with Crippen LogP contribution in [0, 0.1) is 6.92 Å². The van der Waals surface area contributed by atoms with Crippen molar-refractivity contribution < 1.29 is 4.74 Å². The second kappa shape index (κ2) is 10.5. The van der Waals surface area contributed by atoms with E-state index >= 15 is 0 Å². The van der Waals surface area contributed by atoms with Gasteiger partial charge in [0.15, 0.2) is 5.96 Å². The average Bonchev–Trinajstić information content (AvgIpc) is 3.37. The number of aromatic nitrogens is 2. The van der Waals surface area contributed by atoms with E-state index < -0.39 is 0 Å². The molecule has 7 nitrogen and oxygen atoms in total. The minimum absolute atomic E-state index is 0.206. The molecule has 0 saturated heterocycles. The highest BCUT2D eigenvalue weighted by atomic mass is 16.5. The highest BCUT2D eigenvalue weighted by molar-refractivity contribution is 5.79. The van der Waals surface area contributed by atoms with Gasteiger partial charge in [-0.3, -0.25) is 9.67 Å².